The van der Waals surface area contributed by atoms with Crippen LogP contribution in [-0.2, 0) is 15.1 Å². The number of hydrogen-bond donors (Lipinski definition) is 2. The third-order valence-corrected chi connectivity index (χ3v) is 5.19. The fourth-order valence-corrected chi connectivity index (χ4v) is 3.52. The molecule has 188 valence electrons. The Morgan fingerprint density at radius 1 is 1.03 bits per heavy atom. The minimum Gasteiger partial charge on any atom is -0.493 e. The van der Waals surface area contributed by atoms with Gasteiger partial charge in [-0.3, -0.25) is 14.5 Å². The molecule has 1 heterocycles. The van der Waals surface area contributed by atoms with Gasteiger partial charge >= 0.3 is 12.4 Å². The molecule has 35 heavy (non-hydrogen) atoms. The van der Waals surface area contributed by atoms with E-state index in [1.807, 2.05) is 0 Å². The van der Waals surface area contributed by atoms with Crippen molar-refractivity contribution in [1.29, 1.82) is 0 Å². The molecule has 2 N–H and O–H groups in total. The van der Waals surface area contributed by atoms with Gasteiger partial charge in [-0.2, -0.15) is 0 Å². The van der Waals surface area contributed by atoms with Gasteiger partial charge in [0.2, 0.25) is 11.7 Å². The van der Waals surface area contributed by atoms with Crippen molar-refractivity contribution in [1.82, 2.24) is 10.2 Å². The van der Waals surface area contributed by atoms with Gasteiger partial charge in [0.05, 0.1) is 21.3 Å². The molecule has 1 unspecified atom stereocenters. The molecule has 2 aromatic carbocycles. The van der Waals surface area contributed by atoms with E-state index < -0.39 is 42.0 Å². The third-order valence-electron chi connectivity index (χ3n) is 5.19. The van der Waals surface area contributed by atoms with Gasteiger partial charge in [0.15, 0.2) is 11.5 Å². The first kappa shape index (κ1) is 25.5. The summed E-state index contributed by atoms with van der Waals surface area (Å²) >= 11 is 0. The van der Waals surface area contributed by atoms with Crippen molar-refractivity contribution >= 4 is 23.5 Å². The first-order valence-electron chi connectivity index (χ1n) is 10.0. The van der Waals surface area contributed by atoms with E-state index in [-0.39, 0.29) is 22.7 Å². The first-order valence-corrected chi connectivity index (χ1v) is 10.0. The van der Waals surface area contributed by atoms with E-state index in [0.29, 0.717) is 10.6 Å². The number of rotatable bonds is 8. The number of anilines is 1. The van der Waals surface area contributed by atoms with Crippen LogP contribution in [0.3, 0.4) is 0 Å². The van der Waals surface area contributed by atoms with Gasteiger partial charge in [-0.1, -0.05) is 12.1 Å². The molecule has 3 rings (SSSR count). The fourth-order valence-electron chi connectivity index (χ4n) is 3.52. The number of alkyl halides is 3. The van der Waals surface area contributed by atoms with Gasteiger partial charge < -0.3 is 29.6 Å². The van der Waals surface area contributed by atoms with Crippen molar-refractivity contribution in [3.8, 4) is 23.0 Å². The van der Waals surface area contributed by atoms with Crippen LogP contribution in [0.25, 0.3) is 0 Å². The van der Waals surface area contributed by atoms with E-state index in [0.717, 1.165) is 12.1 Å². The molecule has 0 aromatic heterocycles. The number of urea groups is 1. The Bertz CT molecular complexity index is 1110. The Morgan fingerprint density at radius 2 is 1.60 bits per heavy atom. The SMILES string of the molecule is COc1cc(NC(=O)CN2C(=O)NC(C)(c3ccc(OC(F)(F)F)cc3)C2=O)cc(OC)c1OC. The molecule has 2 aromatic rings. The molecule has 1 fully saturated rings. The molecule has 4 amide bonds. The third kappa shape index (κ3) is 5.34. The molecule has 10 nitrogen and oxygen atoms in total. The van der Waals surface area contributed by atoms with Gasteiger partial charge in [-0.25, -0.2) is 4.79 Å². The quantitative estimate of drug-likeness (QED) is 0.539. The monoisotopic (exact) mass is 497 g/mol. The summed E-state index contributed by atoms with van der Waals surface area (Å²) in [4.78, 5) is 38.8. The molecule has 0 aliphatic carbocycles. The average molecular weight is 497 g/mol. The highest BCUT2D eigenvalue weighted by Crippen LogP contribution is 2.40. The van der Waals surface area contributed by atoms with Crippen LogP contribution in [0.5, 0.6) is 23.0 Å². The molecule has 1 aliphatic rings. The maximum atomic E-state index is 13.0. The lowest BCUT2D eigenvalue weighted by molar-refractivity contribution is -0.274. The zero-order valence-electron chi connectivity index (χ0n) is 19.1. The lowest BCUT2D eigenvalue weighted by atomic mass is 9.92. The molecular formula is C22H22F3N3O7. The van der Waals surface area contributed by atoms with Gasteiger partial charge in [0, 0.05) is 17.8 Å². The van der Waals surface area contributed by atoms with Gasteiger partial charge in [0.1, 0.15) is 17.8 Å². The zero-order chi connectivity index (χ0) is 26.0. The van der Waals surface area contributed by atoms with Crippen LogP contribution in [0.2, 0.25) is 0 Å². The molecule has 0 saturated carbocycles. The number of imide groups is 1. The molecule has 0 radical (unpaired) electrons. The summed E-state index contributed by atoms with van der Waals surface area (Å²) in [5.74, 6) is -1.06. The predicted octanol–water partition coefficient (Wildman–Crippen LogP) is 3.02. The Labute approximate surface area is 197 Å². The topological polar surface area (TPSA) is 115 Å². The summed E-state index contributed by atoms with van der Waals surface area (Å²) in [7, 11) is 4.22. The lowest BCUT2D eigenvalue weighted by Gasteiger charge is -2.22. The zero-order valence-corrected chi connectivity index (χ0v) is 19.1. The van der Waals surface area contributed by atoms with Crippen molar-refractivity contribution in [3.05, 3.63) is 42.0 Å². The van der Waals surface area contributed by atoms with Crippen LogP contribution in [0, 0.1) is 0 Å². The number of carbonyl (C=O) groups excluding carboxylic acids is 3. The number of benzene rings is 2. The molecule has 1 atom stereocenters. The van der Waals surface area contributed by atoms with Crippen molar-refractivity contribution in [2.75, 3.05) is 33.2 Å². The van der Waals surface area contributed by atoms with E-state index in [1.54, 1.807) is 0 Å². The van der Waals surface area contributed by atoms with E-state index in [4.69, 9.17) is 14.2 Å². The second-order valence-corrected chi connectivity index (χ2v) is 7.48. The second kappa shape index (κ2) is 9.60. The van der Waals surface area contributed by atoms with E-state index in [9.17, 15) is 27.6 Å². The standard InChI is InChI=1S/C22H22F3N3O7/c1-21(12-5-7-14(8-6-12)35-22(23,24)25)19(30)28(20(31)27-21)11-17(29)26-13-9-15(32-2)18(34-4)16(10-13)33-3/h5-10H,11H2,1-4H3,(H,26,29)(H,27,31). The molecule has 1 aliphatic heterocycles. The molecule has 0 spiro atoms. The highest BCUT2D eigenvalue weighted by atomic mass is 19.4. The van der Waals surface area contributed by atoms with Crippen LogP contribution in [0.4, 0.5) is 23.7 Å². The summed E-state index contributed by atoms with van der Waals surface area (Å²) in [6.07, 6.45) is -4.87. The van der Waals surface area contributed by atoms with Gasteiger partial charge in [0.25, 0.3) is 5.91 Å². The van der Waals surface area contributed by atoms with E-state index in [1.165, 1.54) is 52.5 Å². The smallest absolute Gasteiger partial charge is 0.493 e. The van der Waals surface area contributed by atoms with Gasteiger partial charge in [-0.05, 0) is 24.6 Å². The fraction of sp³-hybridized carbons (Fsp3) is 0.318. The van der Waals surface area contributed by atoms with Crippen LogP contribution in [0.1, 0.15) is 12.5 Å². The summed E-state index contributed by atoms with van der Waals surface area (Å²) in [5.41, 5.74) is -1.13. The number of amides is 4. The normalized spacial score (nSPS) is 17.6. The number of nitrogens with zero attached hydrogens (tertiary/aromatic N) is 1. The minimum absolute atomic E-state index is 0.206. The highest BCUT2D eigenvalue weighted by Gasteiger charge is 2.49. The van der Waals surface area contributed by atoms with Crippen molar-refractivity contribution in [2.45, 2.75) is 18.8 Å². The number of halogens is 3. The molecule has 13 heteroatoms. The Balaban J connectivity index is 1.75. The maximum Gasteiger partial charge on any atom is 0.573 e. The minimum atomic E-state index is -4.87. The average Bonchev–Trinajstić information content (AvgIpc) is 3.01. The predicted molar refractivity (Wildman–Crippen MR) is 115 cm³/mol. The Kier molecular flexibility index (Phi) is 6.99. The largest absolute Gasteiger partial charge is 0.573 e. The van der Waals surface area contributed by atoms with E-state index in [2.05, 4.69) is 15.4 Å². The highest BCUT2D eigenvalue weighted by molar-refractivity contribution is 6.10. The van der Waals surface area contributed by atoms with Crippen LogP contribution in [-0.4, -0.2) is 57.0 Å². The van der Waals surface area contributed by atoms with Gasteiger partial charge in [-0.15, -0.1) is 13.2 Å². The van der Waals surface area contributed by atoms with Crippen molar-refractivity contribution in [3.63, 3.8) is 0 Å². The number of carbonyl (C=O) groups is 3. The number of nitrogens with one attached hydrogen (secondary N) is 2. The number of methoxy groups -OCH3 is 3. The Morgan fingerprint density at radius 3 is 2.09 bits per heavy atom. The maximum absolute atomic E-state index is 13.0. The van der Waals surface area contributed by atoms with Crippen LogP contribution >= 0.6 is 0 Å². The van der Waals surface area contributed by atoms with Crippen LogP contribution in [0.15, 0.2) is 36.4 Å². The first-order chi connectivity index (χ1) is 16.4. The summed E-state index contributed by atoms with van der Waals surface area (Å²) in [6, 6.07) is 6.59. The number of ether oxygens (including phenoxy) is 4. The molecular weight excluding hydrogens is 475 g/mol. The summed E-state index contributed by atoms with van der Waals surface area (Å²) in [6.45, 7) is 0.760. The lowest BCUT2D eigenvalue weighted by Crippen LogP contribution is -2.42. The molecule has 0 bridgehead atoms. The van der Waals surface area contributed by atoms with Crippen molar-refractivity contribution < 1.29 is 46.5 Å². The summed E-state index contributed by atoms with van der Waals surface area (Å²) in [5, 5.41) is 5.03. The second-order valence-electron chi connectivity index (χ2n) is 7.48. The van der Waals surface area contributed by atoms with E-state index >= 15 is 0 Å². The summed E-state index contributed by atoms with van der Waals surface area (Å²) < 4.78 is 56.6. The Hall–Kier alpha value is -4.16. The molecule has 1 saturated heterocycles. The van der Waals surface area contributed by atoms with Crippen molar-refractivity contribution in [2.24, 2.45) is 0 Å². The van der Waals surface area contributed by atoms with Crippen LogP contribution < -0.4 is 29.6 Å². The number of hydrogen-bond acceptors (Lipinski definition) is 7.